The van der Waals surface area contributed by atoms with Crippen LogP contribution in [0.4, 0.5) is 0 Å². The summed E-state index contributed by atoms with van der Waals surface area (Å²) in [6, 6.07) is 0.492. The van der Waals surface area contributed by atoms with E-state index in [4.69, 9.17) is 0 Å². The number of carbonyl (C=O) groups is 1. The van der Waals surface area contributed by atoms with Gasteiger partial charge in [-0.3, -0.25) is 4.79 Å². The van der Waals surface area contributed by atoms with E-state index in [1.54, 1.807) is 0 Å². The van der Waals surface area contributed by atoms with Crippen LogP contribution in [0, 0.1) is 0 Å². The number of rotatable bonds is 5. The molecular weight excluding hydrogens is 140 g/mol. The molecule has 0 saturated heterocycles. The van der Waals surface area contributed by atoms with E-state index in [0.29, 0.717) is 12.6 Å². The molecule has 11 heavy (non-hydrogen) atoms. The fourth-order valence-electron chi connectivity index (χ4n) is 0.885. The number of amides is 1. The Morgan fingerprint density at radius 2 is 2.27 bits per heavy atom. The average molecular weight is 156 g/mol. The van der Waals surface area contributed by atoms with Crippen molar-refractivity contribution < 1.29 is 4.79 Å². The third kappa shape index (κ3) is 3.98. The first-order chi connectivity index (χ1) is 5.33. The Labute approximate surface area is 67.5 Å². The Morgan fingerprint density at radius 1 is 1.55 bits per heavy atom. The molecule has 0 aliphatic heterocycles. The predicted octanol–water partition coefficient (Wildman–Crippen LogP) is 0.265. The minimum Gasteiger partial charge on any atom is -0.352 e. The number of hydrogen-bond donors (Lipinski definition) is 2. The normalized spacial score (nSPS) is 16.5. The van der Waals surface area contributed by atoms with Crippen molar-refractivity contribution in [1.82, 2.24) is 10.6 Å². The molecule has 2 N–H and O–H groups in total. The van der Waals surface area contributed by atoms with Gasteiger partial charge in [-0.05, 0) is 25.8 Å². The molecule has 0 radical (unpaired) electrons. The topological polar surface area (TPSA) is 41.1 Å². The molecule has 1 amide bonds. The van der Waals surface area contributed by atoms with Gasteiger partial charge in [0.1, 0.15) is 0 Å². The van der Waals surface area contributed by atoms with E-state index in [9.17, 15) is 4.79 Å². The van der Waals surface area contributed by atoms with Crippen molar-refractivity contribution in [3.05, 3.63) is 0 Å². The first-order valence-corrected chi connectivity index (χ1v) is 4.33. The molecule has 0 atom stereocenters. The highest BCUT2D eigenvalue weighted by molar-refractivity contribution is 5.78. The summed E-state index contributed by atoms with van der Waals surface area (Å²) in [6.07, 6.45) is 3.41. The smallest absolute Gasteiger partial charge is 0.234 e. The zero-order valence-corrected chi connectivity index (χ0v) is 7.02. The zero-order valence-electron chi connectivity index (χ0n) is 7.02. The van der Waals surface area contributed by atoms with Gasteiger partial charge < -0.3 is 10.6 Å². The highest BCUT2D eigenvalue weighted by atomic mass is 16.2. The van der Waals surface area contributed by atoms with Gasteiger partial charge >= 0.3 is 0 Å². The molecule has 1 aliphatic rings. The molecule has 3 heteroatoms. The zero-order chi connectivity index (χ0) is 8.10. The van der Waals surface area contributed by atoms with Gasteiger partial charge in [0.25, 0.3) is 0 Å². The van der Waals surface area contributed by atoms with Gasteiger partial charge in [0.2, 0.25) is 5.91 Å². The van der Waals surface area contributed by atoms with E-state index in [1.165, 1.54) is 12.8 Å². The third-order valence-corrected chi connectivity index (χ3v) is 1.65. The van der Waals surface area contributed by atoms with Gasteiger partial charge in [0, 0.05) is 6.04 Å². The molecule has 0 spiro atoms. The summed E-state index contributed by atoms with van der Waals surface area (Å²) in [4.78, 5) is 11.0. The molecule has 0 heterocycles. The molecule has 1 saturated carbocycles. The molecule has 1 aliphatic carbocycles. The van der Waals surface area contributed by atoms with Crippen LogP contribution in [0.25, 0.3) is 0 Å². The van der Waals surface area contributed by atoms with Crippen LogP contribution in [0.3, 0.4) is 0 Å². The fraction of sp³-hybridized carbons (Fsp3) is 0.875. The lowest BCUT2D eigenvalue weighted by Gasteiger charge is -2.03. The lowest BCUT2D eigenvalue weighted by Crippen LogP contribution is -2.35. The van der Waals surface area contributed by atoms with Crippen molar-refractivity contribution >= 4 is 5.91 Å². The van der Waals surface area contributed by atoms with Crippen molar-refractivity contribution in [2.24, 2.45) is 0 Å². The van der Waals surface area contributed by atoms with Crippen molar-refractivity contribution in [2.45, 2.75) is 32.2 Å². The summed E-state index contributed by atoms with van der Waals surface area (Å²) in [5.41, 5.74) is 0. The second kappa shape index (κ2) is 4.34. The van der Waals surface area contributed by atoms with Crippen LogP contribution in [-0.2, 0) is 4.79 Å². The average Bonchev–Trinajstić information content (AvgIpc) is 2.72. The molecule has 64 valence electrons. The molecule has 1 fully saturated rings. The Kier molecular flexibility index (Phi) is 3.36. The van der Waals surface area contributed by atoms with E-state index in [-0.39, 0.29) is 5.91 Å². The maximum Gasteiger partial charge on any atom is 0.234 e. The second-order valence-electron chi connectivity index (χ2n) is 3.02. The van der Waals surface area contributed by atoms with E-state index in [1.807, 2.05) is 0 Å². The fourth-order valence-corrected chi connectivity index (χ4v) is 0.885. The first-order valence-electron chi connectivity index (χ1n) is 4.33. The Morgan fingerprint density at radius 3 is 2.82 bits per heavy atom. The third-order valence-electron chi connectivity index (χ3n) is 1.65. The number of carbonyl (C=O) groups excluding carboxylic acids is 1. The molecule has 0 unspecified atom stereocenters. The van der Waals surface area contributed by atoms with Crippen LogP contribution in [0.15, 0.2) is 0 Å². The monoisotopic (exact) mass is 156 g/mol. The van der Waals surface area contributed by atoms with Crippen LogP contribution in [0.5, 0.6) is 0 Å². The standard InChI is InChI=1S/C8H16N2O/c1-2-5-9-6-8(11)10-7-3-4-7/h7,9H,2-6H2,1H3,(H,10,11). The Hall–Kier alpha value is -0.570. The summed E-state index contributed by atoms with van der Waals surface area (Å²) >= 11 is 0. The van der Waals surface area contributed by atoms with Crippen molar-refractivity contribution in [2.75, 3.05) is 13.1 Å². The van der Waals surface area contributed by atoms with Gasteiger partial charge in [-0.25, -0.2) is 0 Å². The molecule has 0 aromatic carbocycles. The van der Waals surface area contributed by atoms with Crippen molar-refractivity contribution in [1.29, 1.82) is 0 Å². The molecule has 0 aromatic heterocycles. The lowest BCUT2D eigenvalue weighted by atomic mass is 10.4. The quantitative estimate of drug-likeness (QED) is 0.561. The highest BCUT2D eigenvalue weighted by Gasteiger charge is 2.22. The largest absolute Gasteiger partial charge is 0.352 e. The van der Waals surface area contributed by atoms with Crippen LogP contribution >= 0.6 is 0 Å². The molecule has 0 bridgehead atoms. The summed E-state index contributed by atoms with van der Waals surface area (Å²) in [7, 11) is 0. The SMILES string of the molecule is CCCNCC(=O)NC1CC1. The van der Waals surface area contributed by atoms with E-state index < -0.39 is 0 Å². The van der Waals surface area contributed by atoms with Gasteiger partial charge in [0.15, 0.2) is 0 Å². The van der Waals surface area contributed by atoms with Crippen LogP contribution in [0.1, 0.15) is 26.2 Å². The van der Waals surface area contributed by atoms with E-state index in [0.717, 1.165) is 13.0 Å². The summed E-state index contributed by atoms with van der Waals surface area (Å²) in [5, 5.41) is 5.97. The lowest BCUT2D eigenvalue weighted by molar-refractivity contribution is -0.120. The predicted molar refractivity (Wildman–Crippen MR) is 44.3 cm³/mol. The van der Waals surface area contributed by atoms with Gasteiger partial charge in [-0.2, -0.15) is 0 Å². The van der Waals surface area contributed by atoms with Crippen molar-refractivity contribution in [3.63, 3.8) is 0 Å². The number of nitrogens with one attached hydrogen (secondary N) is 2. The molecular formula is C8H16N2O. The summed E-state index contributed by atoms with van der Waals surface area (Å²) < 4.78 is 0. The van der Waals surface area contributed by atoms with E-state index >= 15 is 0 Å². The Bertz CT molecular complexity index is 132. The van der Waals surface area contributed by atoms with Crippen molar-refractivity contribution in [3.8, 4) is 0 Å². The minimum absolute atomic E-state index is 0.140. The van der Waals surface area contributed by atoms with Gasteiger partial charge in [-0.1, -0.05) is 6.92 Å². The molecule has 3 nitrogen and oxygen atoms in total. The summed E-state index contributed by atoms with van der Waals surface area (Å²) in [6.45, 7) is 3.49. The maximum atomic E-state index is 11.0. The van der Waals surface area contributed by atoms with E-state index in [2.05, 4.69) is 17.6 Å². The maximum absolute atomic E-state index is 11.0. The van der Waals surface area contributed by atoms with Crippen LogP contribution in [0.2, 0.25) is 0 Å². The highest BCUT2D eigenvalue weighted by Crippen LogP contribution is 2.17. The Balaban J connectivity index is 1.92. The van der Waals surface area contributed by atoms with Crippen LogP contribution in [-0.4, -0.2) is 25.0 Å². The second-order valence-corrected chi connectivity index (χ2v) is 3.02. The minimum atomic E-state index is 0.140. The summed E-state index contributed by atoms with van der Waals surface area (Å²) in [5.74, 6) is 0.140. The first kappa shape index (κ1) is 8.53. The molecule has 1 rings (SSSR count). The van der Waals surface area contributed by atoms with Crippen LogP contribution < -0.4 is 10.6 Å². The molecule has 0 aromatic rings. The van der Waals surface area contributed by atoms with Gasteiger partial charge in [0.05, 0.1) is 6.54 Å². The number of hydrogen-bond acceptors (Lipinski definition) is 2. The van der Waals surface area contributed by atoms with Gasteiger partial charge in [-0.15, -0.1) is 0 Å².